The summed E-state index contributed by atoms with van der Waals surface area (Å²) in [4.78, 5) is 0. The van der Waals surface area contributed by atoms with Crippen molar-refractivity contribution in [3.05, 3.63) is 0 Å². The van der Waals surface area contributed by atoms with Gasteiger partial charge in [0.05, 0.1) is 0 Å². The summed E-state index contributed by atoms with van der Waals surface area (Å²) in [6.07, 6.45) is 0. The lowest BCUT2D eigenvalue weighted by atomic mass is 11.4. The van der Waals surface area contributed by atoms with E-state index in [4.69, 9.17) is 5.11 Å². The van der Waals surface area contributed by atoms with Crippen LogP contribution in [0.15, 0.2) is 0 Å². The largest absolute Gasteiger partial charge is 0.370 e. The molecule has 0 heterocycles. The molecule has 0 aromatic heterocycles. The van der Waals surface area contributed by atoms with Gasteiger partial charge in [-0.2, -0.15) is 0 Å². The monoisotopic (exact) mass is 79.0 g/mol. The maximum Gasteiger partial charge on any atom is 0.147 e. The van der Waals surface area contributed by atoms with Crippen LogP contribution < -0.4 is 5.73 Å². The van der Waals surface area contributed by atoms with Gasteiger partial charge in [0.1, 0.15) is 5.56 Å². The third-order valence-electron chi connectivity index (χ3n) is 0. The molecule has 0 fully saturated rings. The number of aliphatic hydroxyl groups is 1. The maximum atomic E-state index is 7.70. The summed E-state index contributed by atoms with van der Waals surface area (Å²) in [7, 11) is 0. The fraction of sp³-hybridized carbons (Fsp3) is 1.00. The Morgan fingerprint density at radius 1 is 2.00 bits per heavy atom. The van der Waals surface area contributed by atoms with Crippen molar-refractivity contribution in [2.24, 2.45) is 5.73 Å². The third-order valence-corrected chi connectivity index (χ3v) is 0. The van der Waals surface area contributed by atoms with Crippen LogP contribution in [0, 0.1) is 0 Å². The molecule has 0 aromatic rings. The minimum Gasteiger partial charge on any atom is -0.370 e. The van der Waals surface area contributed by atoms with E-state index in [0.29, 0.717) is 0 Å². The summed E-state index contributed by atoms with van der Waals surface area (Å²) in [5.74, 6) is 0. The number of hydrogen-bond donors (Lipinski definition) is 3. The Kier molecular flexibility index (Phi) is 1.68. The van der Waals surface area contributed by atoms with E-state index >= 15 is 0 Å². The van der Waals surface area contributed by atoms with Gasteiger partial charge in [-0.1, -0.05) is 0 Å². The summed E-state index contributed by atoms with van der Waals surface area (Å²) in [6, 6.07) is 0. The zero-order valence-corrected chi connectivity index (χ0v) is 2.94. The zero-order valence-electron chi connectivity index (χ0n) is 2.05. The molecule has 3 heteroatoms. The Hall–Kier alpha value is 0.270. The quantitative estimate of drug-likeness (QED) is 0.261. The Morgan fingerprint density at radius 3 is 2.00 bits per heavy atom. The summed E-state index contributed by atoms with van der Waals surface area (Å²) < 4.78 is 0. The third kappa shape index (κ3) is 50.2. The van der Waals surface area contributed by atoms with Gasteiger partial charge < -0.3 is 5.11 Å². The Balaban J connectivity index is 2.32. The molecule has 0 rings (SSSR count). The smallest absolute Gasteiger partial charge is 0.147 e. The van der Waals surface area contributed by atoms with Crippen LogP contribution in [0.3, 0.4) is 0 Å². The molecule has 0 aliphatic carbocycles. The van der Waals surface area contributed by atoms with Gasteiger partial charge in [-0.3, -0.25) is 5.73 Å². The highest BCUT2D eigenvalue weighted by molar-refractivity contribution is 7.80. The Morgan fingerprint density at radius 2 is 2.00 bits per heavy atom. The first-order valence-corrected chi connectivity index (χ1v) is 1.37. The lowest BCUT2D eigenvalue weighted by Crippen LogP contribution is -2.08. The van der Waals surface area contributed by atoms with E-state index in [-0.39, 0.29) is 0 Å². The number of aliphatic hydroxyl groups excluding tert-OH is 1. The van der Waals surface area contributed by atoms with Crippen LogP contribution in [0.1, 0.15) is 0 Å². The van der Waals surface area contributed by atoms with E-state index in [2.05, 4.69) is 18.4 Å². The highest BCUT2D eigenvalue weighted by Gasteiger charge is 1.69. The fourth-order valence-corrected chi connectivity index (χ4v) is 0. The predicted octanol–water partition coefficient (Wildman–Crippen LogP) is -0.849. The van der Waals surface area contributed by atoms with Gasteiger partial charge in [-0.25, -0.2) is 0 Å². The highest BCUT2D eigenvalue weighted by Crippen LogP contribution is 1.66. The first-order valence-electron chi connectivity index (χ1n) is 0.850. The fourth-order valence-electron chi connectivity index (χ4n) is 0. The van der Waals surface area contributed by atoms with E-state index in [1.165, 1.54) is 0 Å². The van der Waals surface area contributed by atoms with Crippen molar-refractivity contribution in [2.45, 2.75) is 5.56 Å². The molecule has 0 aliphatic heterocycles. The van der Waals surface area contributed by atoms with E-state index < -0.39 is 5.56 Å². The number of thiol groups is 1. The SMILES string of the molecule is NC(O)S. The molecule has 0 bridgehead atoms. The van der Waals surface area contributed by atoms with Crippen molar-refractivity contribution in [2.75, 3.05) is 0 Å². The van der Waals surface area contributed by atoms with Crippen LogP contribution in [0.25, 0.3) is 0 Å². The normalized spacial score (nSPS) is 15.8. The molecule has 0 saturated carbocycles. The molecular weight excluding hydrogens is 74.1 g/mol. The highest BCUT2D eigenvalue weighted by atomic mass is 32.1. The van der Waals surface area contributed by atoms with Crippen LogP contribution in [-0.4, -0.2) is 10.7 Å². The Labute approximate surface area is 30.0 Å². The van der Waals surface area contributed by atoms with Crippen LogP contribution in [-0.2, 0) is 0 Å². The van der Waals surface area contributed by atoms with Gasteiger partial charge in [0.2, 0.25) is 0 Å². The second kappa shape index (κ2) is 1.58. The second-order valence-electron chi connectivity index (χ2n) is 0.414. The molecule has 0 spiro atoms. The summed E-state index contributed by atoms with van der Waals surface area (Å²) in [6.45, 7) is 0. The predicted molar refractivity (Wildman–Crippen MR) is 19.2 cm³/mol. The zero-order chi connectivity index (χ0) is 3.58. The average molecular weight is 79.1 g/mol. The van der Waals surface area contributed by atoms with Crippen molar-refractivity contribution in [3.8, 4) is 0 Å². The first-order chi connectivity index (χ1) is 1.73. The van der Waals surface area contributed by atoms with Gasteiger partial charge in [0.15, 0.2) is 0 Å². The van der Waals surface area contributed by atoms with E-state index in [1.807, 2.05) is 0 Å². The Bertz CT molecular complexity index is 12.8. The molecule has 2 nitrogen and oxygen atoms in total. The van der Waals surface area contributed by atoms with Crippen molar-refractivity contribution in [1.82, 2.24) is 0 Å². The van der Waals surface area contributed by atoms with Gasteiger partial charge in [-0.05, 0) is 0 Å². The first kappa shape index (κ1) is 4.27. The van der Waals surface area contributed by atoms with Gasteiger partial charge in [-0.15, -0.1) is 12.6 Å². The maximum absolute atomic E-state index is 7.70. The van der Waals surface area contributed by atoms with Crippen molar-refractivity contribution >= 4 is 12.6 Å². The molecule has 1 unspecified atom stereocenters. The topological polar surface area (TPSA) is 46.2 Å². The van der Waals surface area contributed by atoms with E-state index in [0.717, 1.165) is 0 Å². The molecular formula is CH5NOS. The van der Waals surface area contributed by atoms with Gasteiger partial charge >= 0.3 is 0 Å². The second-order valence-corrected chi connectivity index (χ2v) is 0.943. The molecule has 0 radical (unpaired) electrons. The summed E-state index contributed by atoms with van der Waals surface area (Å²) in [5, 5.41) is 7.70. The number of hydrogen-bond acceptors (Lipinski definition) is 3. The van der Waals surface area contributed by atoms with Gasteiger partial charge in [0, 0.05) is 0 Å². The van der Waals surface area contributed by atoms with Crippen LogP contribution in [0.5, 0.6) is 0 Å². The van der Waals surface area contributed by atoms with Crippen molar-refractivity contribution in [3.63, 3.8) is 0 Å². The van der Waals surface area contributed by atoms with Crippen molar-refractivity contribution < 1.29 is 5.11 Å². The lowest BCUT2D eigenvalue weighted by Gasteiger charge is -1.81. The van der Waals surface area contributed by atoms with Crippen LogP contribution in [0.2, 0.25) is 0 Å². The lowest BCUT2D eigenvalue weighted by molar-refractivity contribution is 0.274. The molecule has 0 amide bonds. The van der Waals surface area contributed by atoms with Gasteiger partial charge in [0.25, 0.3) is 0 Å². The average Bonchev–Trinajstić information content (AvgIpc) is 0.811. The molecule has 0 saturated heterocycles. The van der Waals surface area contributed by atoms with Crippen LogP contribution >= 0.6 is 12.6 Å². The molecule has 0 aromatic carbocycles. The number of rotatable bonds is 0. The summed E-state index contributed by atoms with van der Waals surface area (Å²) >= 11 is 3.30. The molecule has 26 valence electrons. The minimum absolute atomic E-state index is 0.972. The van der Waals surface area contributed by atoms with Crippen LogP contribution in [0.4, 0.5) is 0 Å². The standard InChI is InChI=1S/CH5NOS/c2-1(3)4/h1,3-4H,2H2. The summed E-state index contributed by atoms with van der Waals surface area (Å²) in [5.41, 5.74) is 3.56. The molecule has 3 N–H and O–H groups in total. The molecule has 1 atom stereocenters. The van der Waals surface area contributed by atoms with Crippen molar-refractivity contribution in [1.29, 1.82) is 0 Å². The number of nitrogens with two attached hydrogens (primary N) is 1. The van der Waals surface area contributed by atoms with E-state index in [1.54, 1.807) is 0 Å². The van der Waals surface area contributed by atoms with E-state index in [9.17, 15) is 0 Å². The minimum atomic E-state index is -0.972. The molecule has 4 heavy (non-hydrogen) atoms. The molecule has 0 aliphatic rings.